The molecule has 4 heteroatoms. The minimum atomic E-state index is -0.0610. The predicted octanol–water partition coefficient (Wildman–Crippen LogP) is 2.36. The van der Waals surface area contributed by atoms with E-state index in [2.05, 4.69) is 0 Å². The van der Waals surface area contributed by atoms with E-state index < -0.39 is 0 Å². The first kappa shape index (κ1) is 12.7. The van der Waals surface area contributed by atoms with Gasteiger partial charge in [0.05, 0.1) is 7.11 Å². The second-order valence-electron chi connectivity index (χ2n) is 4.44. The average molecular weight is 256 g/mol. The molecule has 94 valence electrons. The number of methoxy groups -OCH3 is 1. The van der Waals surface area contributed by atoms with Crippen molar-refractivity contribution in [3.63, 3.8) is 0 Å². The minimum Gasteiger partial charge on any atom is -0.496 e. The summed E-state index contributed by atoms with van der Waals surface area (Å²) in [7, 11) is 1.68. The second-order valence-corrected chi connectivity index (χ2v) is 4.88. The van der Waals surface area contributed by atoms with Crippen molar-refractivity contribution in [3.8, 4) is 5.75 Å². The number of hydrogen-bond donors (Lipinski definition) is 1. The van der Waals surface area contributed by atoms with Crippen LogP contribution in [0.5, 0.6) is 5.75 Å². The van der Waals surface area contributed by atoms with Crippen LogP contribution in [0.3, 0.4) is 0 Å². The Kier molecular flexibility index (Phi) is 3.92. The van der Waals surface area contributed by atoms with Crippen molar-refractivity contribution in [3.05, 3.63) is 28.8 Å². The summed E-state index contributed by atoms with van der Waals surface area (Å²) in [6.45, 7) is 2.08. The van der Waals surface area contributed by atoms with E-state index in [0.717, 1.165) is 42.4 Å². The molecule has 17 heavy (non-hydrogen) atoms. The maximum absolute atomic E-state index is 6.08. The first-order chi connectivity index (χ1) is 8.22. The van der Waals surface area contributed by atoms with Crippen molar-refractivity contribution in [2.45, 2.75) is 18.3 Å². The van der Waals surface area contributed by atoms with Crippen LogP contribution in [0.15, 0.2) is 18.2 Å². The van der Waals surface area contributed by atoms with E-state index in [0.29, 0.717) is 6.54 Å². The molecule has 0 amide bonds. The van der Waals surface area contributed by atoms with Gasteiger partial charge in [-0.05, 0) is 31.0 Å². The van der Waals surface area contributed by atoms with Gasteiger partial charge < -0.3 is 15.2 Å². The van der Waals surface area contributed by atoms with Crippen LogP contribution >= 0.6 is 11.6 Å². The molecular formula is C13H18ClNO2. The molecule has 1 saturated heterocycles. The van der Waals surface area contributed by atoms with Crippen molar-refractivity contribution in [2.75, 3.05) is 26.9 Å². The topological polar surface area (TPSA) is 44.5 Å². The largest absolute Gasteiger partial charge is 0.496 e. The molecule has 0 saturated carbocycles. The van der Waals surface area contributed by atoms with Crippen molar-refractivity contribution in [1.29, 1.82) is 0 Å². The average Bonchev–Trinajstić information content (AvgIpc) is 2.39. The Hall–Kier alpha value is -0.770. The maximum Gasteiger partial charge on any atom is 0.122 e. The normalized spacial score (nSPS) is 19.0. The smallest absolute Gasteiger partial charge is 0.122 e. The zero-order valence-electron chi connectivity index (χ0n) is 10.0. The zero-order valence-corrected chi connectivity index (χ0v) is 10.8. The van der Waals surface area contributed by atoms with Crippen LogP contribution in [-0.4, -0.2) is 26.9 Å². The number of halogens is 1. The van der Waals surface area contributed by atoms with Gasteiger partial charge in [0.1, 0.15) is 5.75 Å². The van der Waals surface area contributed by atoms with Crippen LogP contribution in [-0.2, 0) is 10.2 Å². The molecule has 0 atom stereocenters. The molecule has 0 spiro atoms. The third-order valence-corrected chi connectivity index (χ3v) is 3.81. The first-order valence-corrected chi connectivity index (χ1v) is 6.21. The van der Waals surface area contributed by atoms with Crippen molar-refractivity contribution >= 4 is 11.6 Å². The minimum absolute atomic E-state index is 0.0610. The highest BCUT2D eigenvalue weighted by Crippen LogP contribution is 2.40. The van der Waals surface area contributed by atoms with Gasteiger partial charge in [-0.1, -0.05) is 11.6 Å². The van der Waals surface area contributed by atoms with E-state index in [1.54, 1.807) is 7.11 Å². The lowest BCUT2D eigenvalue weighted by Crippen LogP contribution is -2.40. The van der Waals surface area contributed by atoms with Gasteiger partial charge in [0.25, 0.3) is 0 Å². The highest BCUT2D eigenvalue weighted by atomic mass is 35.5. The van der Waals surface area contributed by atoms with Crippen LogP contribution in [0, 0.1) is 0 Å². The molecule has 1 heterocycles. The highest BCUT2D eigenvalue weighted by molar-refractivity contribution is 6.30. The summed E-state index contributed by atoms with van der Waals surface area (Å²) in [4.78, 5) is 0. The molecule has 1 aliphatic heterocycles. The highest BCUT2D eigenvalue weighted by Gasteiger charge is 2.35. The molecule has 2 N–H and O–H groups in total. The molecule has 3 nitrogen and oxygen atoms in total. The fraction of sp³-hybridized carbons (Fsp3) is 0.538. The molecule has 1 aromatic carbocycles. The number of hydrogen-bond acceptors (Lipinski definition) is 3. The number of ether oxygens (including phenoxy) is 2. The maximum atomic E-state index is 6.08. The number of nitrogens with two attached hydrogens (primary N) is 1. The Morgan fingerprint density at radius 3 is 2.71 bits per heavy atom. The van der Waals surface area contributed by atoms with Crippen molar-refractivity contribution in [2.24, 2.45) is 5.73 Å². The molecule has 1 aliphatic rings. The summed E-state index contributed by atoms with van der Waals surface area (Å²) in [6.07, 6.45) is 1.83. The van der Waals surface area contributed by atoms with E-state index in [4.69, 9.17) is 26.8 Å². The van der Waals surface area contributed by atoms with Crippen LogP contribution in [0.4, 0.5) is 0 Å². The van der Waals surface area contributed by atoms with E-state index in [1.165, 1.54) is 0 Å². The van der Waals surface area contributed by atoms with E-state index in [-0.39, 0.29) is 5.41 Å². The lowest BCUT2D eigenvalue weighted by Gasteiger charge is -2.37. The molecule has 1 aromatic rings. The lowest BCUT2D eigenvalue weighted by molar-refractivity contribution is 0.0521. The Balaban J connectivity index is 2.44. The fourth-order valence-corrected chi connectivity index (χ4v) is 2.61. The van der Waals surface area contributed by atoms with Gasteiger partial charge in [-0.2, -0.15) is 0 Å². The Morgan fingerprint density at radius 2 is 2.12 bits per heavy atom. The molecule has 0 bridgehead atoms. The molecule has 0 aromatic heterocycles. The summed E-state index contributed by atoms with van der Waals surface area (Å²) < 4.78 is 10.8. The third kappa shape index (κ3) is 2.41. The van der Waals surface area contributed by atoms with Gasteiger partial charge in [0.2, 0.25) is 0 Å². The monoisotopic (exact) mass is 255 g/mol. The van der Waals surface area contributed by atoms with Crippen LogP contribution in [0.25, 0.3) is 0 Å². The van der Waals surface area contributed by atoms with Crippen LogP contribution in [0.1, 0.15) is 18.4 Å². The standard InChI is InChI=1S/C13H18ClNO2/c1-16-12-3-2-10(14)8-11(12)13(9-15)4-6-17-7-5-13/h2-3,8H,4-7,9,15H2,1H3. The molecule has 0 radical (unpaired) electrons. The number of benzene rings is 1. The quantitative estimate of drug-likeness (QED) is 0.902. The number of rotatable bonds is 3. The van der Waals surface area contributed by atoms with E-state index in [9.17, 15) is 0 Å². The molecule has 0 aliphatic carbocycles. The lowest BCUT2D eigenvalue weighted by atomic mass is 9.74. The fourth-order valence-electron chi connectivity index (χ4n) is 2.44. The second kappa shape index (κ2) is 5.25. The van der Waals surface area contributed by atoms with E-state index >= 15 is 0 Å². The van der Waals surface area contributed by atoms with Crippen molar-refractivity contribution < 1.29 is 9.47 Å². The molecule has 0 unspecified atom stereocenters. The SMILES string of the molecule is COc1ccc(Cl)cc1C1(CN)CCOCC1. The van der Waals surface area contributed by atoms with Gasteiger partial charge in [0, 0.05) is 35.8 Å². The van der Waals surface area contributed by atoms with Gasteiger partial charge in [-0.3, -0.25) is 0 Å². The summed E-state index contributed by atoms with van der Waals surface area (Å²) in [5.74, 6) is 0.863. The van der Waals surface area contributed by atoms with Crippen molar-refractivity contribution in [1.82, 2.24) is 0 Å². The molecular weight excluding hydrogens is 238 g/mol. The van der Waals surface area contributed by atoms with Gasteiger partial charge >= 0.3 is 0 Å². The van der Waals surface area contributed by atoms with E-state index in [1.807, 2.05) is 18.2 Å². The van der Waals surface area contributed by atoms with Crippen LogP contribution in [0.2, 0.25) is 5.02 Å². The predicted molar refractivity (Wildman–Crippen MR) is 68.8 cm³/mol. The zero-order chi connectivity index (χ0) is 12.3. The van der Waals surface area contributed by atoms with Crippen LogP contribution < -0.4 is 10.5 Å². The van der Waals surface area contributed by atoms with Gasteiger partial charge in [-0.15, -0.1) is 0 Å². The summed E-state index contributed by atoms with van der Waals surface area (Å²) in [6, 6.07) is 5.72. The Bertz CT molecular complexity index is 389. The molecule has 2 rings (SSSR count). The molecule has 1 fully saturated rings. The Labute approximate surface area is 107 Å². The summed E-state index contributed by atoms with van der Waals surface area (Å²) in [5, 5.41) is 0.722. The van der Waals surface area contributed by atoms with Gasteiger partial charge in [0.15, 0.2) is 0 Å². The van der Waals surface area contributed by atoms with Gasteiger partial charge in [-0.25, -0.2) is 0 Å². The summed E-state index contributed by atoms with van der Waals surface area (Å²) >= 11 is 6.08. The Morgan fingerprint density at radius 1 is 1.41 bits per heavy atom. The summed E-state index contributed by atoms with van der Waals surface area (Å²) in [5.41, 5.74) is 7.04. The first-order valence-electron chi connectivity index (χ1n) is 5.84. The third-order valence-electron chi connectivity index (χ3n) is 3.57.